The summed E-state index contributed by atoms with van der Waals surface area (Å²) in [7, 11) is 0. The van der Waals surface area contributed by atoms with Crippen molar-refractivity contribution in [2.24, 2.45) is 0 Å². The molecule has 0 aliphatic carbocycles. The molecule has 0 saturated heterocycles. The summed E-state index contributed by atoms with van der Waals surface area (Å²) in [5.74, 6) is 0.916. The maximum absolute atomic E-state index is 6.01. The number of hydrogen-bond donors (Lipinski definition) is 1. The molecule has 0 aromatic heterocycles. The van der Waals surface area contributed by atoms with Crippen molar-refractivity contribution in [2.75, 3.05) is 6.61 Å². The molecule has 0 heterocycles. The maximum atomic E-state index is 6.01. The molecule has 2 nitrogen and oxygen atoms in total. The van der Waals surface area contributed by atoms with Gasteiger partial charge in [-0.25, -0.2) is 0 Å². The highest BCUT2D eigenvalue weighted by Gasteiger charge is 2.05. The topological polar surface area (TPSA) is 21.3 Å². The van der Waals surface area contributed by atoms with E-state index in [0.29, 0.717) is 6.61 Å². The Morgan fingerprint density at radius 1 is 1.15 bits per heavy atom. The summed E-state index contributed by atoms with van der Waals surface area (Å²) in [5, 5.41) is 4.27. The molecule has 3 heteroatoms. The average molecular weight is 290 g/mol. The van der Waals surface area contributed by atoms with Crippen molar-refractivity contribution in [3.8, 4) is 5.75 Å². The van der Waals surface area contributed by atoms with Crippen molar-refractivity contribution in [1.82, 2.24) is 5.32 Å². The largest absolute Gasteiger partial charge is 0.494 e. The van der Waals surface area contributed by atoms with Crippen LogP contribution in [-0.2, 0) is 6.54 Å². The third kappa shape index (κ3) is 4.26. The first-order chi connectivity index (χ1) is 9.69. The third-order valence-corrected chi connectivity index (χ3v) is 3.43. The fraction of sp³-hybridized carbons (Fsp3) is 0.294. The van der Waals surface area contributed by atoms with E-state index in [1.54, 1.807) is 0 Å². The van der Waals surface area contributed by atoms with Gasteiger partial charge in [-0.15, -0.1) is 0 Å². The molecule has 106 valence electrons. The molecule has 1 atom stereocenters. The van der Waals surface area contributed by atoms with E-state index in [1.165, 1.54) is 11.1 Å². The molecule has 0 amide bonds. The standard InChI is InChI=1S/C17H20ClNO/c1-3-20-17-9-7-14(8-10-17)12-19-13(2)15-5-4-6-16(18)11-15/h4-11,13,19H,3,12H2,1-2H3/t13-/m1/s1. The molecule has 0 spiro atoms. The van der Waals surface area contributed by atoms with Crippen LogP contribution in [0.15, 0.2) is 48.5 Å². The van der Waals surface area contributed by atoms with Crippen molar-refractivity contribution in [3.05, 3.63) is 64.7 Å². The highest BCUT2D eigenvalue weighted by molar-refractivity contribution is 6.30. The minimum absolute atomic E-state index is 0.264. The second-order valence-corrected chi connectivity index (χ2v) is 5.17. The molecule has 2 rings (SSSR count). The lowest BCUT2D eigenvalue weighted by atomic mass is 10.1. The van der Waals surface area contributed by atoms with E-state index in [4.69, 9.17) is 16.3 Å². The predicted molar refractivity (Wildman–Crippen MR) is 84.3 cm³/mol. The first kappa shape index (κ1) is 14.9. The van der Waals surface area contributed by atoms with Crippen LogP contribution in [0.25, 0.3) is 0 Å². The predicted octanol–water partition coefficient (Wildman–Crippen LogP) is 4.59. The molecule has 0 aliphatic heterocycles. The summed E-state index contributed by atoms with van der Waals surface area (Å²) >= 11 is 6.01. The maximum Gasteiger partial charge on any atom is 0.119 e. The number of halogens is 1. The molecule has 0 unspecified atom stereocenters. The van der Waals surface area contributed by atoms with Crippen molar-refractivity contribution >= 4 is 11.6 Å². The Bertz CT molecular complexity index is 539. The Labute approximate surface area is 125 Å². The van der Waals surface area contributed by atoms with Crippen LogP contribution in [-0.4, -0.2) is 6.61 Å². The highest BCUT2D eigenvalue weighted by atomic mass is 35.5. The van der Waals surface area contributed by atoms with Crippen LogP contribution in [0, 0.1) is 0 Å². The lowest BCUT2D eigenvalue weighted by Crippen LogP contribution is -2.17. The first-order valence-corrected chi connectivity index (χ1v) is 7.27. The molecule has 0 aliphatic rings. The van der Waals surface area contributed by atoms with Crippen LogP contribution in [0.3, 0.4) is 0 Å². The number of rotatable bonds is 6. The minimum atomic E-state index is 0.264. The van der Waals surface area contributed by atoms with Gasteiger partial charge < -0.3 is 10.1 Å². The summed E-state index contributed by atoms with van der Waals surface area (Å²) in [6.07, 6.45) is 0. The lowest BCUT2D eigenvalue weighted by Gasteiger charge is -2.15. The van der Waals surface area contributed by atoms with E-state index in [9.17, 15) is 0 Å². The molecule has 0 fully saturated rings. The van der Waals surface area contributed by atoms with Gasteiger partial charge in [0.25, 0.3) is 0 Å². The zero-order valence-electron chi connectivity index (χ0n) is 11.9. The summed E-state index contributed by atoms with van der Waals surface area (Å²) in [4.78, 5) is 0. The van der Waals surface area contributed by atoms with Gasteiger partial charge in [-0.1, -0.05) is 35.9 Å². The Morgan fingerprint density at radius 2 is 1.90 bits per heavy atom. The number of hydrogen-bond acceptors (Lipinski definition) is 2. The molecule has 0 saturated carbocycles. The Balaban J connectivity index is 1.91. The van der Waals surface area contributed by atoms with Crippen molar-refractivity contribution < 1.29 is 4.74 Å². The Kier molecular flexibility index (Phi) is 5.45. The van der Waals surface area contributed by atoms with Gasteiger partial charge in [0.05, 0.1) is 6.61 Å². The van der Waals surface area contributed by atoms with E-state index >= 15 is 0 Å². The molecule has 0 bridgehead atoms. The van der Waals surface area contributed by atoms with Gasteiger partial charge in [-0.2, -0.15) is 0 Å². The van der Waals surface area contributed by atoms with Crippen LogP contribution in [0.4, 0.5) is 0 Å². The second-order valence-electron chi connectivity index (χ2n) is 4.73. The highest BCUT2D eigenvalue weighted by Crippen LogP contribution is 2.18. The van der Waals surface area contributed by atoms with Gasteiger partial charge in [0.15, 0.2) is 0 Å². The normalized spacial score (nSPS) is 12.2. The SMILES string of the molecule is CCOc1ccc(CN[C@H](C)c2cccc(Cl)c2)cc1. The summed E-state index contributed by atoms with van der Waals surface area (Å²) in [6.45, 7) is 5.64. The van der Waals surface area contributed by atoms with Gasteiger partial charge in [0, 0.05) is 17.6 Å². The fourth-order valence-electron chi connectivity index (χ4n) is 2.03. The molecule has 20 heavy (non-hydrogen) atoms. The molecular weight excluding hydrogens is 270 g/mol. The Hall–Kier alpha value is -1.51. The fourth-order valence-corrected chi connectivity index (χ4v) is 2.23. The van der Waals surface area contributed by atoms with E-state index in [1.807, 2.05) is 37.3 Å². The smallest absolute Gasteiger partial charge is 0.119 e. The van der Waals surface area contributed by atoms with E-state index in [-0.39, 0.29) is 6.04 Å². The average Bonchev–Trinajstić information content (AvgIpc) is 2.46. The zero-order chi connectivity index (χ0) is 14.4. The van der Waals surface area contributed by atoms with E-state index in [2.05, 4.69) is 30.4 Å². The number of nitrogens with one attached hydrogen (secondary N) is 1. The zero-order valence-corrected chi connectivity index (χ0v) is 12.7. The van der Waals surface area contributed by atoms with Crippen molar-refractivity contribution in [2.45, 2.75) is 26.4 Å². The van der Waals surface area contributed by atoms with Gasteiger partial charge in [0.1, 0.15) is 5.75 Å². The van der Waals surface area contributed by atoms with Crippen LogP contribution in [0.1, 0.15) is 31.0 Å². The van der Waals surface area contributed by atoms with E-state index < -0.39 is 0 Å². The third-order valence-electron chi connectivity index (χ3n) is 3.20. The van der Waals surface area contributed by atoms with Crippen molar-refractivity contribution in [3.63, 3.8) is 0 Å². The molecule has 2 aromatic rings. The summed E-state index contributed by atoms with van der Waals surface area (Å²) in [5.41, 5.74) is 2.44. The van der Waals surface area contributed by atoms with E-state index in [0.717, 1.165) is 17.3 Å². The number of benzene rings is 2. The van der Waals surface area contributed by atoms with Crippen molar-refractivity contribution in [1.29, 1.82) is 0 Å². The summed E-state index contributed by atoms with van der Waals surface area (Å²) < 4.78 is 5.43. The van der Waals surface area contributed by atoms with Crippen LogP contribution in [0.2, 0.25) is 5.02 Å². The van der Waals surface area contributed by atoms with Gasteiger partial charge in [0.2, 0.25) is 0 Å². The molecule has 1 N–H and O–H groups in total. The molecule has 2 aromatic carbocycles. The van der Waals surface area contributed by atoms with Gasteiger partial charge >= 0.3 is 0 Å². The summed E-state index contributed by atoms with van der Waals surface area (Å²) in [6, 6.07) is 16.4. The lowest BCUT2D eigenvalue weighted by molar-refractivity contribution is 0.340. The van der Waals surface area contributed by atoms with Gasteiger partial charge in [-0.05, 0) is 49.2 Å². The second kappa shape index (κ2) is 7.32. The van der Waals surface area contributed by atoms with Crippen LogP contribution < -0.4 is 10.1 Å². The Morgan fingerprint density at radius 3 is 2.55 bits per heavy atom. The number of ether oxygens (including phenoxy) is 1. The van der Waals surface area contributed by atoms with Crippen LogP contribution >= 0.6 is 11.6 Å². The molecular formula is C17H20ClNO. The quantitative estimate of drug-likeness (QED) is 0.840. The monoisotopic (exact) mass is 289 g/mol. The first-order valence-electron chi connectivity index (χ1n) is 6.89. The molecule has 0 radical (unpaired) electrons. The van der Waals surface area contributed by atoms with Gasteiger partial charge in [-0.3, -0.25) is 0 Å². The minimum Gasteiger partial charge on any atom is -0.494 e. The van der Waals surface area contributed by atoms with Crippen LogP contribution in [0.5, 0.6) is 5.75 Å².